The Hall–Kier alpha value is -2.94. The molecule has 2 aromatic rings. The van der Waals surface area contributed by atoms with Crippen LogP contribution in [0.1, 0.15) is 49.4 Å². The number of aromatic amines is 1. The molecule has 29 heavy (non-hydrogen) atoms. The molecule has 0 aliphatic heterocycles. The molecule has 0 bridgehead atoms. The van der Waals surface area contributed by atoms with E-state index in [2.05, 4.69) is 26.2 Å². The predicted molar refractivity (Wildman–Crippen MR) is 108 cm³/mol. The smallest absolute Gasteiger partial charge is 0.339 e. The number of aryl methyl sites for hydroxylation is 1. The van der Waals surface area contributed by atoms with Crippen LogP contribution < -0.4 is 5.32 Å². The lowest BCUT2D eigenvalue weighted by molar-refractivity contribution is -0.145. The number of ketones is 1. The van der Waals surface area contributed by atoms with E-state index in [1.807, 2.05) is 0 Å². The molecule has 1 unspecified atom stereocenters. The number of carbonyl (C=O) groups is 4. The molecule has 2 N–H and O–H groups in total. The second kappa shape index (κ2) is 9.51. The topological polar surface area (TPSA) is 115 Å². The molecule has 1 amide bonds. The fourth-order valence-electron chi connectivity index (χ4n) is 2.76. The molecule has 0 saturated heterocycles. The maximum atomic E-state index is 12.6. The number of aromatic nitrogens is 1. The van der Waals surface area contributed by atoms with Crippen molar-refractivity contribution in [2.24, 2.45) is 0 Å². The summed E-state index contributed by atoms with van der Waals surface area (Å²) >= 11 is 3.27. The summed E-state index contributed by atoms with van der Waals surface area (Å²) in [6.07, 6.45) is -1.10. The van der Waals surface area contributed by atoms with Gasteiger partial charge in [0.2, 0.25) is 5.78 Å². The van der Waals surface area contributed by atoms with Crippen molar-refractivity contribution < 1.29 is 28.7 Å². The fourth-order valence-corrected chi connectivity index (χ4v) is 3.02. The highest BCUT2D eigenvalue weighted by molar-refractivity contribution is 9.10. The third-order valence-electron chi connectivity index (χ3n) is 4.25. The van der Waals surface area contributed by atoms with Gasteiger partial charge in [-0.15, -0.1) is 0 Å². The van der Waals surface area contributed by atoms with E-state index in [0.717, 1.165) is 4.47 Å². The zero-order valence-corrected chi connectivity index (χ0v) is 18.0. The van der Waals surface area contributed by atoms with Crippen LogP contribution in [0.15, 0.2) is 28.7 Å². The molecule has 9 heteroatoms. The van der Waals surface area contributed by atoms with Crippen LogP contribution in [0.3, 0.4) is 0 Å². The van der Waals surface area contributed by atoms with E-state index in [1.54, 1.807) is 38.1 Å². The Morgan fingerprint density at radius 2 is 1.76 bits per heavy atom. The van der Waals surface area contributed by atoms with Crippen LogP contribution >= 0.6 is 15.9 Å². The first-order valence-corrected chi connectivity index (χ1v) is 9.50. The van der Waals surface area contributed by atoms with Crippen LogP contribution in [0.4, 0.5) is 0 Å². The summed E-state index contributed by atoms with van der Waals surface area (Å²) in [4.78, 5) is 51.3. The van der Waals surface area contributed by atoms with Crippen molar-refractivity contribution in [3.63, 3.8) is 0 Å². The summed E-state index contributed by atoms with van der Waals surface area (Å²) in [6, 6.07) is 6.62. The lowest BCUT2D eigenvalue weighted by Crippen LogP contribution is -2.34. The molecule has 0 aliphatic rings. The van der Waals surface area contributed by atoms with Gasteiger partial charge in [0.05, 0.1) is 18.4 Å². The Morgan fingerprint density at radius 1 is 1.14 bits per heavy atom. The standard InChI is InChI=1S/C20H21BrN2O6/c1-10-16(20(27)28-4)11(2)23-17(10)18(25)12(3)29-15(24)9-22-19(26)13-5-7-14(21)8-6-13/h5-8,12,23H,9H2,1-4H3,(H,22,26). The van der Waals surface area contributed by atoms with E-state index >= 15 is 0 Å². The summed E-state index contributed by atoms with van der Waals surface area (Å²) in [6.45, 7) is 4.28. The molecule has 0 aliphatic carbocycles. The number of nitrogens with one attached hydrogen (secondary N) is 2. The fraction of sp³-hybridized carbons (Fsp3) is 0.300. The zero-order valence-electron chi connectivity index (χ0n) is 16.4. The van der Waals surface area contributed by atoms with Gasteiger partial charge < -0.3 is 19.8 Å². The van der Waals surface area contributed by atoms with Gasteiger partial charge in [-0.3, -0.25) is 14.4 Å². The molecule has 0 saturated carbocycles. The molecule has 1 aromatic carbocycles. The van der Waals surface area contributed by atoms with E-state index in [9.17, 15) is 19.2 Å². The third kappa shape index (κ3) is 5.32. The van der Waals surface area contributed by atoms with Crippen LogP contribution in [0.2, 0.25) is 0 Å². The molecule has 8 nitrogen and oxygen atoms in total. The number of benzene rings is 1. The van der Waals surface area contributed by atoms with Crippen molar-refractivity contribution in [1.82, 2.24) is 10.3 Å². The molecule has 1 heterocycles. The van der Waals surface area contributed by atoms with Crippen molar-refractivity contribution in [2.45, 2.75) is 26.9 Å². The summed E-state index contributed by atoms with van der Waals surface area (Å²) in [7, 11) is 1.25. The average molecular weight is 465 g/mol. The summed E-state index contributed by atoms with van der Waals surface area (Å²) < 4.78 is 10.7. The Balaban J connectivity index is 1.97. The first-order valence-electron chi connectivity index (χ1n) is 8.70. The minimum Gasteiger partial charge on any atom is -0.465 e. The molecule has 2 rings (SSSR count). The Labute approximate surface area is 176 Å². The van der Waals surface area contributed by atoms with Crippen molar-refractivity contribution in [3.8, 4) is 0 Å². The van der Waals surface area contributed by atoms with E-state index < -0.39 is 29.7 Å². The first kappa shape index (κ1) is 22.4. The molecular weight excluding hydrogens is 444 g/mol. The lowest BCUT2D eigenvalue weighted by atomic mass is 10.1. The maximum absolute atomic E-state index is 12.6. The molecule has 0 fully saturated rings. The van der Waals surface area contributed by atoms with Gasteiger partial charge in [0.1, 0.15) is 6.54 Å². The first-order chi connectivity index (χ1) is 13.6. The Kier molecular flexibility index (Phi) is 7.33. The largest absolute Gasteiger partial charge is 0.465 e. The van der Waals surface area contributed by atoms with Crippen LogP contribution in [0.25, 0.3) is 0 Å². The van der Waals surface area contributed by atoms with Crippen LogP contribution in [-0.2, 0) is 14.3 Å². The van der Waals surface area contributed by atoms with Gasteiger partial charge in [0.25, 0.3) is 5.91 Å². The monoisotopic (exact) mass is 464 g/mol. The number of methoxy groups -OCH3 is 1. The van der Waals surface area contributed by atoms with E-state index in [4.69, 9.17) is 9.47 Å². The Morgan fingerprint density at radius 3 is 2.34 bits per heavy atom. The van der Waals surface area contributed by atoms with E-state index in [0.29, 0.717) is 16.8 Å². The highest BCUT2D eigenvalue weighted by Crippen LogP contribution is 2.20. The van der Waals surface area contributed by atoms with Gasteiger partial charge >= 0.3 is 11.9 Å². The number of rotatable bonds is 7. The number of esters is 2. The average Bonchev–Trinajstić information content (AvgIpc) is 2.99. The molecule has 0 radical (unpaired) electrons. The van der Waals surface area contributed by atoms with Gasteiger partial charge in [-0.1, -0.05) is 15.9 Å². The normalized spacial score (nSPS) is 11.5. The number of H-pyrrole nitrogens is 1. The van der Waals surface area contributed by atoms with Crippen molar-refractivity contribution >= 4 is 39.6 Å². The summed E-state index contributed by atoms with van der Waals surface area (Å²) in [5.41, 5.74) is 1.74. The van der Waals surface area contributed by atoms with Gasteiger partial charge in [-0.25, -0.2) is 4.79 Å². The van der Waals surface area contributed by atoms with Crippen molar-refractivity contribution in [3.05, 3.63) is 56.8 Å². The van der Waals surface area contributed by atoms with Gasteiger partial charge in [0, 0.05) is 15.7 Å². The highest BCUT2D eigenvalue weighted by Gasteiger charge is 2.27. The maximum Gasteiger partial charge on any atom is 0.339 e. The number of hydrogen-bond acceptors (Lipinski definition) is 6. The van der Waals surface area contributed by atoms with Gasteiger partial charge in [0.15, 0.2) is 6.10 Å². The van der Waals surface area contributed by atoms with Crippen LogP contribution in [0.5, 0.6) is 0 Å². The predicted octanol–water partition coefficient (Wildman–Crippen LogP) is 2.73. The molecule has 0 spiro atoms. The number of amides is 1. The molecular formula is C20H21BrN2O6. The lowest BCUT2D eigenvalue weighted by Gasteiger charge is -2.13. The van der Waals surface area contributed by atoms with Crippen LogP contribution in [-0.4, -0.2) is 48.4 Å². The number of Topliss-reactive ketones (excluding diaryl/α,β-unsaturated/α-hetero) is 1. The highest BCUT2D eigenvalue weighted by atomic mass is 79.9. The second-order valence-corrected chi connectivity index (χ2v) is 7.22. The summed E-state index contributed by atoms with van der Waals surface area (Å²) in [5, 5.41) is 2.44. The quantitative estimate of drug-likeness (QED) is 0.480. The SMILES string of the molecule is COC(=O)c1c(C)[nH]c(C(=O)C(C)OC(=O)CNC(=O)c2ccc(Br)cc2)c1C. The minimum atomic E-state index is -1.10. The number of hydrogen-bond donors (Lipinski definition) is 2. The van der Waals surface area contributed by atoms with Crippen molar-refractivity contribution in [1.29, 1.82) is 0 Å². The molecule has 1 atom stereocenters. The number of carbonyl (C=O) groups excluding carboxylic acids is 4. The number of ether oxygens (including phenoxy) is 2. The minimum absolute atomic E-state index is 0.169. The van der Waals surface area contributed by atoms with Gasteiger partial charge in [-0.05, 0) is 50.6 Å². The molecule has 154 valence electrons. The second-order valence-electron chi connectivity index (χ2n) is 6.30. The summed E-state index contributed by atoms with van der Waals surface area (Å²) in [5.74, 6) is -2.25. The van der Waals surface area contributed by atoms with E-state index in [-0.39, 0.29) is 17.8 Å². The zero-order chi connectivity index (χ0) is 21.7. The molecule has 1 aromatic heterocycles. The number of halogens is 1. The van der Waals surface area contributed by atoms with Crippen LogP contribution in [0, 0.1) is 13.8 Å². The van der Waals surface area contributed by atoms with Gasteiger partial charge in [-0.2, -0.15) is 0 Å². The Bertz CT molecular complexity index is 949. The third-order valence-corrected chi connectivity index (χ3v) is 4.78. The van der Waals surface area contributed by atoms with Crippen molar-refractivity contribution in [2.75, 3.05) is 13.7 Å². The van der Waals surface area contributed by atoms with E-state index in [1.165, 1.54) is 14.0 Å².